The van der Waals surface area contributed by atoms with Gasteiger partial charge in [0, 0.05) is 0 Å². The van der Waals surface area contributed by atoms with Gasteiger partial charge in [-0.15, -0.1) is 11.8 Å². The van der Waals surface area contributed by atoms with Crippen LogP contribution in [0.5, 0.6) is 0 Å². The van der Waals surface area contributed by atoms with E-state index in [0.717, 1.165) is 0 Å². The molecule has 1 heterocycles. The minimum Gasteiger partial charge on any atom is -0.374 e. The molecule has 1 saturated heterocycles. The van der Waals surface area contributed by atoms with Crippen LogP contribution >= 0.6 is 11.8 Å². The molecule has 0 aromatic rings. The second-order valence-electron chi connectivity index (χ2n) is 2.52. The molecule has 9 heavy (non-hydrogen) atoms. The topological polar surface area (TPSA) is 20.2 Å². The molecule has 2 unspecified atom stereocenters. The molecule has 0 aromatic carbocycles. The monoisotopic (exact) mass is 140 g/mol. The summed E-state index contributed by atoms with van der Waals surface area (Å²) in [5, 5.41) is 9.82. The summed E-state index contributed by atoms with van der Waals surface area (Å²) in [6, 6.07) is 0. The SMILES string of the molecule is CC1=CC=CC2(O)SC12. The van der Waals surface area contributed by atoms with E-state index >= 15 is 0 Å². The summed E-state index contributed by atoms with van der Waals surface area (Å²) in [6.45, 7) is 2.05. The summed E-state index contributed by atoms with van der Waals surface area (Å²) < 4.78 is 0. The van der Waals surface area contributed by atoms with Gasteiger partial charge in [-0.2, -0.15) is 0 Å². The summed E-state index contributed by atoms with van der Waals surface area (Å²) >= 11 is 1.61. The number of rotatable bonds is 0. The molecule has 2 rings (SSSR count). The fourth-order valence-corrected chi connectivity index (χ4v) is 2.12. The van der Waals surface area contributed by atoms with Gasteiger partial charge in [0.15, 0.2) is 0 Å². The zero-order chi connectivity index (χ0) is 6.48. The molecule has 0 amide bonds. The average Bonchev–Trinajstić information content (AvgIpc) is 2.43. The maximum absolute atomic E-state index is 9.45. The zero-order valence-corrected chi connectivity index (χ0v) is 5.98. The first-order valence-electron chi connectivity index (χ1n) is 2.98. The molecule has 0 radical (unpaired) electrons. The van der Waals surface area contributed by atoms with Crippen molar-refractivity contribution in [3.05, 3.63) is 23.8 Å². The van der Waals surface area contributed by atoms with E-state index in [1.165, 1.54) is 5.57 Å². The lowest BCUT2D eigenvalue weighted by Crippen LogP contribution is -2.12. The fraction of sp³-hybridized carbons (Fsp3) is 0.429. The highest BCUT2D eigenvalue weighted by Gasteiger charge is 2.54. The van der Waals surface area contributed by atoms with Crippen molar-refractivity contribution in [1.29, 1.82) is 0 Å². The number of aliphatic hydroxyl groups is 1. The smallest absolute Gasteiger partial charge is 0.145 e. The number of fused-ring (bicyclic) bond motifs is 1. The first-order chi connectivity index (χ1) is 4.22. The Balaban J connectivity index is 2.34. The second kappa shape index (κ2) is 1.44. The van der Waals surface area contributed by atoms with Gasteiger partial charge >= 0.3 is 0 Å². The van der Waals surface area contributed by atoms with Crippen molar-refractivity contribution in [2.45, 2.75) is 17.1 Å². The Labute approximate surface area is 58.5 Å². The summed E-state index contributed by atoms with van der Waals surface area (Å²) in [4.78, 5) is -0.515. The van der Waals surface area contributed by atoms with Gasteiger partial charge in [0.05, 0.1) is 5.25 Å². The third-order valence-corrected chi connectivity index (χ3v) is 3.20. The summed E-state index contributed by atoms with van der Waals surface area (Å²) in [5.74, 6) is 0. The van der Waals surface area contributed by atoms with Gasteiger partial charge < -0.3 is 5.11 Å². The molecule has 1 fully saturated rings. The van der Waals surface area contributed by atoms with Gasteiger partial charge in [-0.3, -0.25) is 0 Å². The molecule has 1 aliphatic carbocycles. The zero-order valence-electron chi connectivity index (χ0n) is 5.16. The van der Waals surface area contributed by atoms with Gasteiger partial charge in [0.1, 0.15) is 4.93 Å². The first kappa shape index (κ1) is 5.57. The lowest BCUT2D eigenvalue weighted by molar-refractivity contribution is 0.226. The molecule has 2 aliphatic rings. The predicted molar refractivity (Wildman–Crippen MR) is 39.2 cm³/mol. The molecule has 1 N–H and O–H groups in total. The number of hydrogen-bond donors (Lipinski definition) is 1. The van der Waals surface area contributed by atoms with E-state index in [4.69, 9.17) is 0 Å². The molecule has 0 spiro atoms. The molecule has 0 saturated carbocycles. The van der Waals surface area contributed by atoms with Crippen molar-refractivity contribution in [3.63, 3.8) is 0 Å². The second-order valence-corrected chi connectivity index (χ2v) is 3.88. The normalized spacial score (nSPS) is 46.0. The number of hydrogen-bond acceptors (Lipinski definition) is 2. The van der Waals surface area contributed by atoms with Crippen molar-refractivity contribution in [2.75, 3.05) is 0 Å². The Morgan fingerprint density at radius 3 is 3.11 bits per heavy atom. The molecule has 1 nitrogen and oxygen atoms in total. The first-order valence-corrected chi connectivity index (χ1v) is 3.86. The molecule has 2 atom stereocenters. The lowest BCUT2D eigenvalue weighted by atomic mass is 10.1. The van der Waals surface area contributed by atoms with Crippen LogP contribution in [0.15, 0.2) is 23.8 Å². The lowest BCUT2D eigenvalue weighted by Gasteiger charge is -2.04. The van der Waals surface area contributed by atoms with Crippen LogP contribution in [0.1, 0.15) is 6.92 Å². The van der Waals surface area contributed by atoms with E-state index in [1.807, 2.05) is 12.2 Å². The van der Waals surface area contributed by atoms with Gasteiger partial charge in [-0.05, 0) is 13.0 Å². The third-order valence-electron chi connectivity index (χ3n) is 1.73. The Morgan fingerprint density at radius 2 is 2.56 bits per heavy atom. The maximum Gasteiger partial charge on any atom is 0.145 e. The molecule has 0 bridgehead atoms. The van der Waals surface area contributed by atoms with Crippen LogP contribution in [-0.2, 0) is 0 Å². The largest absolute Gasteiger partial charge is 0.374 e. The van der Waals surface area contributed by atoms with E-state index in [9.17, 15) is 5.11 Å². The summed E-state index contributed by atoms with van der Waals surface area (Å²) in [6.07, 6.45) is 5.83. The van der Waals surface area contributed by atoms with Crippen molar-refractivity contribution in [1.82, 2.24) is 0 Å². The minimum atomic E-state index is -0.515. The molecule has 1 aliphatic heterocycles. The van der Waals surface area contributed by atoms with Crippen LogP contribution in [0.25, 0.3) is 0 Å². The number of allylic oxidation sites excluding steroid dienone is 2. The van der Waals surface area contributed by atoms with Crippen molar-refractivity contribution in [3.8, 4) is 0 Å². The standard InChI is InChI=1S/C7H8OS/c1-5-3-2-4-7(8)6(5)9-7/h2-4,6,8H,1H3. The Bertz CT molecular complexity index is 207. The maximum atomic E-state index is 9.45. The highest BCUT2D eigenvalue weighted by atomic mass is 32.2. The van der Waals surface area contributed by atoms with Gasteiger partial charge in [-0.25, -0.2) is 0 Å². The molecular formula is C7H8OS. The molecule has 48 valence electrons. The van der Waals surface area contributed by atoms with Crippen LogP contribution in [-0.4, -0.2) is 15.3 Å². The van der Waals surface area contributed by atoms with E-state index in [2.05, 4.69) is 13.0 Å². The highest BCUT2D eigenvalue weighted by molar-refractivity contribution is 8.08. The third kappa shape index (κ3) is 0.667. The van der Waals surface area contributed by atoms with Crippen LogP contribution in [0.4, 0.5) is 0 Å². The average molecular weight is 140 g/mol. The van der Waals surface area contributed by atoms with E-state index in [1.54, 1.807) is 11.8 Å². The van der Waals surface area contributed by atoms with Crippen LogP contribution in [0.2, 0.25) is 0 Å². The summed E-state index contributed by atoms with van der Waals surface area (Å²) in [5.41, 5.74) is 1.28. The Hall–Kier alpha value is -0.210. The highest BCUT2D eigenvalue weighted by Crippen LogP contribution is 2.57. The van der Waals surface area contributed by atoms with Crippen molar-refractivity contribution in [2.24, 2.45) is 0 Å². The molecular weight excluding hydrogens is 132 g/mol. The Kier molecular flexibility index (Phi) is 0.891. The van der Waals surface area contributed by atoms with Gasteiger partial charge in [0.2, 0.25) is 0 Å². The van der Waals surface area contributed by atoms with Crippen molar-refractivity contribution < 1.29 is 5.11 Å². The Morgan fingerprint density at radius 1 is 1.78 bits per heavy atom. The van der Waals surface area contributed by atoms with E-state index < -0.39 is 4.93 Å². The molecule has 2 heteroatoms. The van der Waals surface area contributed by atoms with Gasteiger partial charge in [-0.1, -0.05) is 17.7 Å². The van der Waals surface area contributed by atoms with E-state index in [0.29, 0.717) is 5.25 Å². The fourth-order valence-electron chi connectivity index (χ4n) is 1.13. The van der Waals surface area contributed by atoms with Gasteiger partial charge in [0.25, 0.3) is 0 Å². The predicted octanol–water partition coefficient (Wildman–Crippen LogP) is 1.31. The van der Waals surface area contributed by atoms with Crippen LogP contribution in [0, 0.1) is 0 Å². The van der Waals surface area contributed by atoms with Crippen molar-refractivity contribution >= 4 is 11.8 Å². The quantitative estimate of drug-likeness (QED) is 0.512. The van der Waals surface area contributed by atoms with Crippen LogP contribution < -0.4 is 0 Å². The van der Waals surface area contributed by atoms with E-state index in [-0.39, 0.29) is 0 Å². The number of thioether (sulfide) groups is 1. The minimum absolute atomic E-state index is 0.363. The van der Waals surface area contributed by atoms with Crippen LogP contribution in [0.3, 0.4) is 0 Å². The summed E-state index contributed by atoms with van der Waals surface area (Å²) in [7, 11) is 0. The molecule has 0 aromatic heterocycles.